The molecule has 1 N–H and O–H groups in total. The summed E-state index contributed by atoms with van der Waals surface area (Å²) in [6, 6.07) is 8.60. The van der Waals surface area contributed by atoms with Gasteiger partial charge in [-0.2, -0.15) is 5.10 Å². The number of carbonyl (C=O) groups excluding carboxylic acids is 1. The number of nitrogens with zero attached hydrogens (tertiary/aromatic N) is 3. The Labute approximate surface area is 148 Å². The molecule has 3 heterocycles. The molecule has 0 saturated heterocycles. The fraction of sp³-hybridized carbons (Fsp3) is 0.167. The Bertz CT molecular complexity index is 968. The van der Waals surface area contributed by atoms with E-state index in [1.165, 1.54) is 6.20 Å². The van der Waals surface area contributed by atoms with Crippen molar-refractivity contribution in [2.24, 2.45) is 0 Å². The van der Waals surface area contributed by atoms with Crippen LogP contribution in [0.5, 0.6) is 0 Å². The van der Waals surface area contributed by atoms with Crippen LogP contribution in [0.25, 0.3) is 22.4 Å². The lowest BCUT2D eigenvalue weighted by atomic mass is 9.98. The molecular weight excluding hydrogens is 343 g/mol. The molecule has 126 valence electrons. The van der Waals surface area contributed by atoms with E-state index in [2.05, 4.69) is 15.4 Å². The third-order valence-electron chi connectivity index (χ3n) is 4.26. The van der Waals surface area contributed by atoms with Gasteiger partial charge < -0.3 is 5.32 Å². The molecule has 1 aliphatic heterocycles. The first-order valence-electron chi connectivity index (χ1n) is 7.83. The summed E-state index contributed by atoms with van der Waals surface area (Å²) in [5.74, 6) is -0.711. The number of fused-ring (bicyclic) bond motifs is 1. The molecule has 4 rings (SSSR count). The van der Waals surface area contributed by atoms with E-state index < -0.39 is 5.82 Å². The fourth-order valence-corrected chi connectivity index (χ4v) is 3.15. The van der Waals surface area contributed by atoms with Gasteiger partial charge in [-0.1, -0.05) is 23.7 Å². The highest BCUT2D eigenvalue weighted by Gasteiger charge is 2.31. The number of aromatic nitrogens is 3. The smallest absolute Gasteiger partial charge is 0.270 e. The Balaban J connectivity index is 2.04. The Morgan fingerprint density at radius 2 is 2.04 bits per heavy atom. The first kappa shape index (κ1) is 15.8. The molecule has 0 fully saturated rings. The Kier molecular flexibility index (Phi) is 3.77. The Hall–Kier alpha value is -2.73. The third kappa shape index (κ3) is 2.59. The first-order chi connectivity index (χ1) is 12.1. The van der Waals surface area contributed by atoms with Crippen LogP contribution in [0.15, 0.2) is 42.7 Å². The zero-order chi connectivity index (χ0) is 17.6. The van der Waals surface area contributed by atoms with Crippen LogP contribution < -0.4 is 5.32 Å². The molecule has 3 aromatic rings. The molecule has 5 nitrogen and oxygen atoms in total. The molecule has 25 heavy (non-hydrogen) atoms. The number of rotatable bonds is 2. The zero-order valence-electron chi connectivity index (χ0n) is 13.3. The minimum absolute atomic E-state index is 0.0302. The number of benzene rings is 1. The first-order valence-corrected chi connectivity index (χ1v) is 8.20. The number of halogens is 2. The molecule has 2 aromatic heterocycles. The van der Waals surface area contributed by atoms with E-state index >= 15 is 0 Å². The van der Waals surface area contributed by atoms with Gasteiger partial charge in [0, 0.05) is 28.9 Å². The van der Waals surface area contributed by atoms with E-state index in [9.17, 15) is 9.18 Å². The number of hydrogen-bond donors (Lipinski definition) is 1. The van der Waals surface area contributed by atoms with Gasteiger partial charge in [-0.25, -0.2) is 4.39 Å². The van der Waals surface area contributed by atoms with Crippen LogP contribution in [0.3, 0.4) is 0 Å². The topological polar surface area (TPSA) is 59.8 Å². The van der Waals surface area contributed by atoms with E-state index in [0.29, 0.717) is 34.1 Å². The number of amides is 1. The maximum absolute atomic E-state index is 14.4. The number of pyridine rings is 1. The molecule has 1 atom stereocenters. The van der Waals surface area contributed by atoms with Gasteiger partial charge in [-0.05, 0) is 30.7 Å². The second kappa shape index (κ2) is 5.97. The highest BCUT2D eigenvalue weighted by Crippen LogP contribution is 2.38. The van der Waals surface area contributed by atoms with Gasteiger partial charge in [-0.3, -0.25) is 14.5 Å². The van der Waals surface area contributed by atoms with Crippen LogP contribution in [0.4, 0.5) is 4.39 Å². The molecule has 0 bridgehead atoms. The van der Waals surface area contributed by atoms with E-state index in [1.54, 1.807) is 35.0 Å². The maximum atomic E-state index is 14.4. The normalized spacial score (nSPS) is 16.4. The highest BCUT2D eigenvalue weighted by atomic mass is 35.5. The summed E-state index contributed by atoms with van der Waals surface area (Å²) in [6.45, 7) is 2.43. The fourth-order valence-electron chi connectivity index (χ4n) is 3.03. The number of nitrogens with one attached hydrogen (secondary N) is 1. The van der Waals surface area contributed by atoms with Crippen LogP contribution >= 0.6 is 11.6 Å². The van der Waals surface area contributed by atoms with Gasteiger partial charge in [0.05, 0.1) is 12.2 Å². The van der Waals surface area contributed by atoms with Crippen molar-refractivity contribution in [3.63, 3.8) is 0 Å². The molecule has 1 amide bonds. The molecular formula is C18H14ClFN4O. The van der Waals surface area contributed by atoms with Gasteiger partial charge in [0.1, 0.15) is 11.4 Å². The quantitative estimate of drug-likeness (QED) is 0.761. The summed E-state index contributed by atoms with van der Waals surface area (Å²) in [4.78, 5) is 16.3. The summed E-state index contributed by atoms with van der Waals surface area (Å²) in [7, 11) is 0. The lowest BCUT2D eigenvalue weighted by Gasteiger charge is -2.22. The molecule has 1 aromatic carbocycles. The van der Waals surface area contributed by atoms with Gasteiger partial charge >= 0.3 is 0 Å². The lowest BCUT2D eigenvalue weighted by Crippen LogP contribution is -2.38. The Morgan fingerprint density at radius 1 is 1.28 bits per heavy atom. The summed E-state index contributed by atoms with van der Waals surface area (Å²) < 4.78 is 16.0. The van der Waals surface area contributed by atoms with Crippen molar-refractivity contribution >= 4 is 17.5 Å². The molecule has 0 spiro atoms. The molecule has 0 saturated carbocycles. The second-order valence-corrected chi connectivity index (χ2v) is 6.37. The molecule has 1 unspecified atom stereocenters. The van der Waals surface area contributed by atoms with Gasteiger partial charge in [0.15, 0.2) is 5.82 Å². The SMILES string of the molecule is CC1CNC(=O)c2c(-c3ccc(Cl)cc3)c(-c3ccncc3F)nn21. The second-order valence-electron chi connectivity index (χ2n) is 5.94. The predicted octanol–water partition coefficient (Wildman–Crippen LogP) is 3.71. The van der Waals surface area contributed by atoms with Gasteiger partial charge in [0.2, 0.25) is 0 Å². The number of carbonyl (C=O) groups is 1. The molecule has 0 radical (unpaired) electrons. The van der Waals surface area contributed by atoms with E-state index in [1.807, 2.05) is 6.92 Å². The van der Waals surface area contributed by atoms with E-state index in [4.69, 9.17) is 11.6 Å². The Morgan fingerprint density at radius 3 is 2.76 bits per heavy atom. The predicted molar refractivity (Wildman–Crippen MR) is 92.9 cm³/mol. The van der Waals surface area contributed by atoms with Crippen LogP contribution in [0.1, 0.15) is 23.5 Å². The summed E-state index contributed by atoms with van der Waals surface area (Å²) in [5, 5.41) is 8.01. The monoisotopic (exact) mass is 356 g/mol. The van der Waals surface area contributed by atoms with Crippen molar-refractivity contribution < 1.29 is 9.18 Å². The number of hydrogen-bond acceptors (Lipinski definition) is 3. The van der Waals surface area contributed by atoms with Gasteiger partial charge in [-0.15, -0.1) is 0 Å². The van der Waals surface area contributed by atoms with Crippen LogP contribution in [0, 0.1) is 5.82 Å². The van der Waals surface area contributed by atoms with E-state index in [-0.39, 0.29) is 11.9 Å². The third-order valence-corrected chi connectivity index (χ3v) is 4.51. The minimum atomic E-state index is -0.485. The van der Waals surface area contributed by atoms with Crippen molar-refractivity contribution in [2.75, 3.05) is 6.54 Å². The molecule has 0 aliphatic carbocycles. The van der Waals surface area contributed by atoms with Crippen molar-refractivity contribution in [3.8, 4) is 22.4 Å². The molecule has 1 aliphatic rings. The minimum Gasteiger partial charge on any atom is -0.349 e. The zero-order valence-corrected chi connectivity index (χ0v) is 14.1. The van der Waals surface area contributed by atoms with Gasteiger partial charge in [0.25, 0.3) is 5.91 Å². The van der Waals surface area contributed by atoms with Crippen molar-refractivity contribution in [2.45, 2.75) is 13.0 Å². The van der Waals surface area contributed by atoms with E-state index in [0.717, 1.165) is 11.8 Å². The van der Waals surface area contributed by atoms with Crippen molar-refractivity contribution in [1.29, 1.82) is 0 Å². The standard InChI is InChI=1S/C18H14ClFN4O/c1-10-8-22-18(25)17-15(11-2-4-12(19)5-3-11)16(23-24(10)17)13-6-7-21-9-14(13)20/h2-7,9-10H,8H2,1H3,(H,22,25). The van der Waals surface area contributed by atoms with Crippen LogP contribution in [-0.4, -0.2) is 27.2 Å². The highest BCUT2D eigenvalue weighted by molar-refractivity contribution is 6.30. The van der Waals surface area contributed by atoms with Crippen molar-refractivity contribution in [3.05, 3.63) is 59.3 Å². The van der Waals surface area contributed by atoms with Crippen LogP contribution in [-0.2, 0) is 0 Å². The summed E-state index contributed by atoms with van der Waals surface area (Å²) in [5.41, 5.74) is 2.49. The average molecular weight is 357 g/mol. The van der Waals surface area contributed by atoms with Crippen LogP contribution in [0.2, 0.25) is 5.02 Å². The average Bonchev–Trinajstić information content (AvgIpc) is 3.01. The maximum Gasteiger partial charge on any atom is 0.270 e. The lowest BCUT2D eigenvalue weighted by molar-refractivity contribution is 0.0913. The summed E-state index contributed by atoms with van der Waals surface area (Å²) >= 11 is 5.98. The molecule has 7 heteroatoms. The largest absolute Gasteiger partial charge is 0.349 e. The summed E-state index contributed by atoms with van der Waals surface area (Å²) in [6.07, 6.45) is 2.65. The van der Waals surface area contributed by atoms with Crippen molar-refractivity contribution in [1.82, 2.24) is 20.1 Å².